The summed E-state index contributed by atoms with van der Waals surface area (Å²) < 4.78 is 22.6. The van der Waals surface area contributed by atoms with Gasteiger partial charge in [-0.2, -0.15) is 0 Å². The summed E-state index contributed by atoms with van der Waals surface area (Å²) in [5.41, 5.74) is 0.853. The van der Waals surface area contributed by atoms with Gasteiger partial charge in [0, 0.05) is 18.2 Å². The molecule has 4 rings (SSSR count). The van der Waals surface area contributed by atoms with Crippen LogP contribution >= 0.6 is 0 Å². The first kappa shape index (κ1) is 45.3. The number of aliphatic hydroxyl groups is 4. The molecule has 0 aliphatic heterocycles. The fraction of sp³-hybridized carbons (Fsp3) is 0.462. The molecule has 0 fully saturated rings. The highest BCUT2D eigenvalue weighted by atomic mass is 16.5. The minimum atomic E-state index is -0.794. The van der Waals surface area contributed by atoms with E-state index in [0.717, 1.165) is 0 Å². The number of hydrogen-bond donors (Lipinski definition) is 6. The second-order valence-corrected chi connectivity index (χ2v) is 11.0. The molecular formula is C39H57N3O10. The van der Waals surface area contributed by atoms with Gasteiger partial charge in [-0.1, -0.05) is 41.5 Å². The quantitative estimate of drug-likeness (QED) is 0.0788. The van der Waals surface area contributed by atoms with Crippen LogP contribution in [0.4, 0.5) is 0 Å². The van der Waals surface area contributed by atoms with Crippen molar-refractivity contribution in [3.63, 3.8) is 0 Å². The van der Waals surface area contributed by atoms with Gasteiger partial charge in [0.25, 0.3) is 0 Å². The first-order valence-corrected chi connectivity index (χ1v) is 17.7. The average Bonchev–Trinajstić information content (AvgIpc) is 3.13. The Hall–Kier alpha value is -4.69. The highest BCUT2D eigenvalue weighted by Gasteiger charge is 2.20. The molecule has 0 radical (unpaired) electrons. The van der Waals surface area contributed by atoms with Gasteiger partial charge in [-0.25, -0.2) is 15.0 Å². The van der Waals surface area contributed by atoms with E-state index in [2.05, 4.69) is 15.0 Å². The van der Waals surface area contributed by atoms with E-state index in [1.54, 1.807) is 70.2 Å². The number of aromatic hydroxyl groups is 2. The normalized spacial score (nSPS) is 12.6. The molecule has 0 bridgehead atoms. The molecule has 13 heteroatoms. The maximum atomic E-state index is 10.9. The first-order valence-electron chi connectivity index (χ1n) is 17.7. The Morgan fingerprint density at radius 2 is 0.731 bits per heavy atom. The standard InChI is InChI=1S/C33H39N3O10.3C2H6/c1-18(37)14-43-22-5-8-25(28(41)11-22)31-34-32(26-9-6-23(12-29(26)42)44-15-19(2)38)36-33(35-31)27-10-7-24(45-16-20(3)39)13-30(27)46-17-21(4)40;3*1-2/h5-13,18-21,37-42H,14-17H2,1-4H3;3*1-2H3. The second kappa shape index (κ2) is 23.7. The van der Waals surface area contributed by atoms with Gasteiger partial charge in [0.2, 0.25) is 0 Å². The molecule has 0 aliphatic rings. The summed E-state index contributed by atoms with van der Waals surface area (Å²) in [5, 5.41) is 60.6. The molecule has 4 atom stereocenters. The van der Waals surface area contributed by atoms with Crippen LogP contribution in [0, 0.1) is 0 Å². The van der Waals surface area contributed by atoms with E-state index in [1.807, 2.05) is 41.5 Å². The zero-order valence-corrected chi connectivity index (χ0v) is 32.0. The van der Waals surface area contributed by atoms with Crippen molar-refractivity contribution in [2.75, 3.05) is 26.4 Å². The molecule has 4 unspecified atom stereocenters. The van der Waals surface area contributed by atoms with E-state index in [-0.39, 0.29) is 72.3 Å². The zero-order valence-electron chi connectivity index (χ0n) is 32.0. The molecule has 1 aromatic heterocycles. The summed E-state index contributed by atoms with van der Waals surface area (Å²) >= 11 is 0. The number of hydrogen-bond acceptors (Lipinski definition) is 13. The molecule has 0 spiro atoms. The van der Waals surface area contributed by atoms with Gasteiger partial charge in [0.15, 0.2) is 17.5 Å². The van der Waals surface area contributed by atoms with E-state index in [1.165, 1.54) is 12.1 Å². The third-order valence-electron chi connectivity index (χ3n) is 6.20. The average molecular weight is 728 g/mol. The van der Waals surface area contributed by atoms with Gasteiger partial charge in [0.05, 0.1) is 41.1 Å². The van der Waals surface area contributed by atoms with Crippen molar-refractivity contribution < 1.29 is 49.6 Å². The number of aromatic nitrogens is 3. The Kier molecular flexibility index (Phi) is 20.7. The zero-order chi connectivity index (χ0) is 39.4. The monoisotopic (exact) mass is 727 g/mol. The van der Waals surface area contributed by atoms with E-state index in [4.69, 9.17) is 18.9 Å². The molecule has 0 aliphatic carbocycles. The van der Waals surface area contributed by atoms with E-state index in [9.17, 15) is 30.6 Å². The third kappa shape index (κ3) is 14.5. The lowest BCUT2D eigenvalue weighted by atomic mass is 10.1. The molecule has 13 nitrogen and oxygen atoms in total. The fourth-order valence-electron chi connectivity index (χ4n) is 4.08. The summed E-state index contributed by atoms with van der Waals surface area (Å²) in [5.74, 6) is 1.14. The first-order chi connectivity index (χ1) is 24.9. The molecule has 52 heavy (non-hydrogen) atoms. The van der Waals surface area contributed by atoms with Crippen LogP contribution in [0.25, 0.3) is 34.2 Å². The van der Waals surface area contributed by atoms with Crippen molar-refractivity contribution >= 4 is 0 Å². The predicted molar refractivity (Wildman–Crippen MR) is 202 cm³/mol. The highest BCUT2D eigenvalue weighted by molar-refractivity contribution is 5.74. The maximum Gasteiger partial charge on any atom is 0.167 e. The molecule has 3 aromatic carbocycles. The molecule has 288 valence electrons. The second-order valence-electron chi connectivity index (χ2n) is 11.0. The van der Waals surface area contributed by atoms with Crippen LogP contribution < -0.4 is 18.9 Å². The number of phenols is 2. The summed E-state index contributed by atoms with van der Waals surface area (Å²) in [6, 6.07) is 13.9. The van der Waals surface area contributed by atoms with Gasteiger partial charge < -0.3 is 49.6 Å². The smallest absolute Gasteiger partial charge is 0.167 e. The minimum absolute atomic E-state index is 0.0290. The summed E-state index contributed by atoms with van der Waals surface area (Å²) in [6.45, 7) is 18.4. The Labute approximate surface area is 307 Å². The summed E-state index contributed by atoms with van der Waals surface area (Å²) in [7, 11) is 0. The lowest BCUT2D eigenvalue weighted by Crippen LogP contribution is -2.14. The van der Waals surface area contributed by atoms with Gasteiger partial charge in [-0.3, -0.25) is 0 Å². The number of ether oxygens (including phenoxy) is 4. The number of nitrogens with zero attached hydrogens (tertiary/aromatic N) is 3. The number of aliphatic hydroxyl groups excluding tert-OH is 4. The van der Waals surface area contributed by atoms with Crippen molar-refractivity contribution in [1.82, 2.24) is 15.0 Å². The van der Waals surface area contributed by atoms with Crippen LogP contribution in [0.2, 0.25) is 0 Å². The molecule has 0 saturated heterocycles. The maximum absolute atomic E-state index is 10.9. The summed E-state index contributed by atoms with van der Waals surface area (Å²) in [6.07, 6.45) is -2.91. The van der Waals surface area contributed by atoms with E-state index >= 15 is 0 Å². The van der Waals surface area contributed by atoms with Gasteiger partial charge in [0.1, 0.15) is 60.9 Å². The Morgan fingerprint density at radius 1 is 0.442 bits per heavy atom. The van der Waals surface area contributed by atoms with E-state index in [0.29, 0.717) is 22.8 Å². The lowest BCUT2D eigenvalue weighted by molar-refractivity contribution is 0.119. The molecule has 1 heterocycles. The Balaban J connectivity index is 0.00000214. The SMILES string of the molecule is CC.CC.CC.CC(O)COc1ccc(-c2nc(-c3ccc(OCC(C)O)cc3O)nc(-c3ccc(OCC(C)O)cc3OCC(C)O)n2)c(O)c1. The molecule has 4 aromatic rings. The fourth-order valence-corrected chi connectivity index (χ4v) is 4.08. The largest absolute Gasteiger partial charge is 0.507 e. The lowest BCUT2D eigenvalue weighted by Gasteiger charge is -2.16. The van der Waals surface area contributed by atoms with Crippen LogP contribution in [0.15, 0.2) is 54.6 Å². The van der Waals surface area contributed by atoms with Crippen LogP contribution in [0.3, 0.4) is 0 Å². The molecular weight excluding hydrogens is 670 g/mol. The van der Waals surface area contributed by atoms with Crippen molar-refractivity contribution in [1.29, 1.82) is 0 Å². The number of benzene rings is 3. The topological polar surface area (TPSA) is 197 Å². The Morgan fingerprint density at radius 3 is 1.06 bits per heavy atom. The predicted octanol–water partition coefficient (Wildman–Crippen LogP) is 6.40. The molecule has 0 saturated carbocycles. The highest BCUT2D eigenvalue weighted by Crippen LogP contribution is 2.38. The third-order valence-corrected chi connectivity index (χ3v) is 6.20. The van der Waals surface area contributed by atoms with Crippen molar-refractivity contribution in [2.45, 2.75) is 93.7 Å². The summed E-state index contributed by atoms with van der Waals surface area (Å²) in [4.78, 5) is 13.8. The number of rotatable bonds is 15. The van der Waals surface area contributed by atoms with Crippen LogP contribution in [-0.4, -0.2) is 96.4 Å². The van der Waals surface area contributed by atoms with Crippen LogP contribution in [0.5, 0.6) is 34.5 Å². The van der Waals surface area contributed by atoms with Gasteiger partial charge >= 0.3 is 0 Å². The van der Waals surface area contributed by atoms with Crippen molar-refractivity contribution in [3.8, 4) is 68.7 Å². The van der Waals surface area contributed by atoms with Crippen molar-refractivity contribution in [3.05, 3.63) is 54.6 Å². The minimum Gasteiger partial charge on any atom is -0.507 e. The number of phenolic OH excluding ortho intramolecular Hbond substituents is 2. The van der Waals surface area contributed by atoms with Crippen LogP contribution in [-0.2, 0) is 0 Å². The van der Waals surface area contributed by atoms with Gasteiger partial charge in [-0.15, -0.1) is 0 Å². The van der Waals surface area contributed by atoms with E-state index < -0.39 is 24.4 Å². The molecule has 0 amide bonds. The molecule has 6 N–H and O–H groups in total. The van der Waals surface area contributed by atoms with Gasteiger partial charge in [-0.05, 0) is 64.1 Å². The van der Waals surface area contributed by atoms with Crippen LogP contribution in [0.1, 0.15) is 69.2 Å². The Bertz CT molecular complexity index is 1530. The van der Waals surface area contributed by atoms with Crippen molar-refractivity contribution in [2.24, 2.45) is 0 Å².